The topological polar surface area (TPSA) is 67.5 Å². The van der Waals surface area contributed by atoms with E-state index in [9.17, 15) is 0 Å². The number of unbranched alkanes of at least 4 members (excludes halogenated alkanes) is 2. The number of aliphatic hydroxyl groups excluding tert-OH is 1. The van der Waals surface area contributed by atoms with E-state index >= 15 is 0 Å². The van der Waals surface area contributed by atoms with Crippen LogP contribution in [0.25, 0.3) is 0 Å². The molecule has 1 unspecified atom stereocenters. The number of methoxy groups -OCH3 is 1. The predicted octanol–water partition coefficient (Wildman–Crippen LogP) is 1.58. The molecule has 4 nitrogen and oxygen atoms in total. The molecule has 0 spiro atoms. The molecule has 0 aliphatic rings. The molecule has 0 bridgehead atoms. The smallest absolute Gasteiger partial charge is 0.0716 e. The van der Waals surface area contributed by atoms with E-state index in [2.05, 4.69) is 17.4 Å². The third kappa shape index (κ3) is 5.70. The number of hydrogen-bond acceptors (Lipinski definition) is 4. The van der Waals surface area contributed by atoms with E-state index < -0.39 is 0 Å². The lowest BCUT2D eigenvalue weighted by atomic mass is 10.0. The van der Waals surface area contributed by atoms with Crippen LogP contribution >= 0.6 is 0 Å². The van der Waals surface area contributed by atoms with Crippen LogP contribution in [0.5, 0.6) is 0 Å². The maximum absolute atomic E-state index is 8.74. The molecule has 1 rings (SSSR count). The van der Waals surface area contributed by atoms with Crippen molar-refractivity contribution in [1.29, 1.82) is 0 Å². The third-order valence-electron chi connectivity index (χ3n) is 3.19. The largest absolute Gasteiger partial charge is 0.396 e. The van der Waals surface area contributed by atoms with Gasteiger partial charge in [0.25, 0.3) is 0 Å². The van der Waals surface area contributed by atoms with Crippen LogP contribution in [0.15, 0.2) is 24.3 Å². The minimum atomic E-state index is 0.167. The summed E-state index contributed by atoms with van der Waals surface area (Å²) in [5.74, 6) is 0. The molecule has 0 aliphatic carbocycles. The Labute approximate surface area is 116 Å². The molecule has 1 aromatic rings. The van der Waals surface area contributed by atoms with Crippen LogP contribution in [0.3, 0.4) is 0 Å². The quantitative estimate of drug-likeness (QED) is 0.563. The zero-order chi connectivity index (χ0) is 13.9. The lowest BCUT2D eigenvalue weighted by molar-refractivity contribution is 0.183. The van der Waals surface area contributed by atoms with Crippen LogP contribution in [0.1, 0.15) is 36.4 Å². The number of hydrogen-bond donors (Lipinski definition) is 3. The summed E-state index contributed by atoms with van der Waals surface area (Å²) in [7, 11) is 1.70. The number of nitrogens with two attached hydrogens (primary N) is 1. The summed E-state index contributed by atoms with van der Waals surface area (Å²) >= 11 is 0. The first-order chi connectivity index (χ1) is 9.33. The van der Waals surface area contributed by atoms with Gasteiger partial charge >= 0.3 is 0 Å². The monoisotopic (exact) mass is 266 g/mol. The van der Waals surface area contributed by atoms with Crippen molar-refractivity contribution >= 4 is 0 Å². The van der Waals surface area contributed by atoms with Crippen LogP contribution < -0.4 is 11.1 Å². The summed E-state index contributed by atoms with van der Waals surface area (Å²) in [6.45, 7) is 2.37. The zero-order valence-electron chi connectivity index (χ0n) is 11.8. The molecule has 0 radical (unpaired) electrons. The molecule has 0 aliphatic heterocycles. The van der Waals surface area contributed by atoms with Crippen LogP contribution in [-0.4, -0.2) is 31.9 Å². The van der Waals surface area contributed by atoms with Gasteiger partial charge in [-0.1, -0.05) is 24.3 Å². The van der Waals surface area contributed by atoms with Crippen molar-refractivity contribution in [3.63, 3.8) is 0 Å². The minimum Gasteiger partial charge on any atom is -0.396 e. The van der Waals surface area contributed by atoms with Gasteiger partial charge in [-0.05, 0) is 36.9 Å². The maximum atomic E-state index is 8.74. The average molecular weight is 266 g/mol. The predicted molar refractivity (Wildman–Crippen MR) is 77.9 cm³/mol. The SMILES string of the molecule is COCc1ccccc1C(CN)NCCCCCO. The van der Waals surface area contributed by atoms with E-state index in [1.165, 1.54) is 11.1 Å². The van der Waals surface area contributed by atoms with Gasteiger partial charge < -0.3 is 20.9 Å². The molecule has 19 heavy (non-hydrogen) atoms. The average Bonchev–Trinajstić information content (AvgIpc) is 2.44. The first-order valence-corrected chi connectivity index (χ1v) is 6.94. The highest BCUT2D eigenvalue weighted by Crippen LogP contribution is 2.18. The van der Waals surface area contributed by atoms with Crippen molar-refractivity contribution in [2.75, 3.05) is 26.8 Å². The molecule has 4 N–H and O–H groups in total. The second-order valence-corrected chi connectivity index (χ2v) is 4.66. The Morgan fingerprint density at radius 2 is 2.05 bits per heavy atom. The second-order valence-electron chi connectivity index (χ2n) is 4.66. The maximum Gasteiger partial charge on any atom is 0.0716 e. The number of rotatable bonds is 10. The van der Waals surface area contributed by atoms with Crippen molar-refractivity contribution < 1.29 is 9.84 Å². The van der Waals surface area contributed by atoms with Gasteiger partial charge in [0.2, 0.25) is 0 Å². The normalized spacial score (nSPS) is 12.6. The van der Waals surface area contributed by atoms with E-state index in [1.54, 1.807) is 7.11 Å². The number of aliphatic hydroxyl groups is 1. The summed E-state index contributed by atoms with van der Waals surface area (Å²) in [6.07, 6.45) is 2.97. The summed E-state index contributed by atoms with van der Waals surface area (Å²) in [6, 6.07) is 8.40. The Hall–Kier alpha value is -0.940. The van der Waals surface area contributed by atoms with E-state index in [1.807, 2.05) is 12.1 Å². The lowest BCUT2D eigenvalue weighted by Crippen LogP contribution is -2.30. The minimum absolute atomic E-state index is 0.167. The van der Waals surface area contributed by atoms with E-state index in [0.29, 0.717) is 13.2 Å². The second kappa shape index (κ2) is 9.92. The molecule has 0 saturated carbocycles. The van der Waals surface area contributed by atoms with E-state index in [-0.39, 0.29) is 12.6 Å². The van der Waals surface area contributed by atoms with Crippen molar-refractivity contribution in [2.45, 2.75) is 31.9 Å². The van der Waals surface area contributed by atoms with Gasteiger partial charge in [0.05, 0.1) is 6.61 Å². The summed E-state index contributed by atoms with van der Waals surface area (Å²) < 4.78 is 5.22. The van der Waals surface area contributed by atoms with Crippen molar-refractivity contribution in [2.24, 2.45) is 5.73 Å². The van der Waals surface area contributed by atoms with E-state index in [4.69, 9.17) is 15.6 Å². The number of benzene rings is 1. The highest BCUT2D eigenvalue weighted by atomic mass is 16.5. The van der Waals surface area contributed by atoms with Crippen LogP contribution in [-0.2, 0) is 11.3 Å². The molecule has 1 atom stereocenters. The molecule has 0 aromatic heterocycles. The Kier molecular flexibility index (Phi) is 8.41. The van der Waals surface area contributed by atoms with Gasteiger partial charge in [-0.25, -0.2) is 0 Å². The fraction of sp³-hybridized carbons (Fsp3) is 0.600. The standard InChI is InChI=1S/C15H26N2O2/c1-19-12-13-7-3-4-8-14(13)15(11-16)17-9-5-2-6-10-18/h3-4,7-8,15,17-18H,2,5-6,9-12,16H2,1H3. The van der Waals surface area contributed by atoms with Crippen LogP contribution in [0.2, 0.25) is 0 Å². The molecule has 0 fully saturated rings. The zero-order valence-corrected chi connectivity index (χ0v) is 11.8. The Morgan fingerprint density at radius 3 is 2.74 bits per heavy atom. The Bertz CT molecular complexity index is 345. The molecule has 1 aromatic carbocycles. The molecule has 0 amide bonds. The van der Waals surface area contributed by atoms with Gasteiger partial charge in [-0.3, -0.25) is 0 Å². The Balaban J connectivity index is 2.53. The first kappa shape index (κ1) is 16.1. The van der Waals surface area contributed by atoms with Gasteiger partial charge in [0.1, 0.15) is 0 Å². The molecule has 0 heterocycles. The molecule has 0 saturated heterocycles. The summed E-state index contributed by atoms with van der Waals surface area (Å²) in [4.78, 5) is 0. The summed E-state index contributed by atoms with van der Waals surface area (Å²) in [5.41, 5.74) is 8.27. The molecular formula is C15H26N2O2. The first-order valence-electron chi connectivity index (χ1n) is 6.94. The lowest BCUT2D eigenvalue weighted by Gasteiger charge is -2.20. The van der Waals surface area contributed by atoms with Crippen molar-refractivity contribution in [1.82, 2.24) is 5.32 Å². The van der Waals surface area contributed by atoms with Crippen LogP contribution in [0, 0.1) is 0 Å². The van der Waals surface area contributed by atoms with E-state index in [0.717, 1.165) is 25.8 Å². The van der Waals surface area contributed by atoms with Crippen molar-refractivity contribution in [3.8, 4) is 0 Å². The molecular weight excluding hydrogens is 240 g/mol. The fourth-order valence-corrected chi connectivity index (χ4v) is 2.17. The fourth-order valence-electron chi connectivity index (χ4n) is 2.17. The third-order valence-corrected chi connectivity index (χ3v) is 3.19. The number of ether oxygens (including phenoxy) is 1. The number of nitrogens with one attached hydrogen (secondary N) is 1. The van der Waals surface area contributed by atoms with Gasteiger partial charge in [-0.15, -0.1) is 0 Å². The van der Waals surface area contributed by atoms with Gasteiger partial charge in [0, 0.05) is 26.3 Å². The van der Waals surface area contributed by atoms with Gasteiger partial charge in [0.15, 0.2) is 0 Å². The highest BCUT2D eigenvalue weighted by Gasteiger charge is 2.12. The van der Waals surface area contributed by atoms with Gasteiger partial charge in [-0.2, -0.15) is 0 Å². The van der Waals surface area contributed by atoms with Crippen molar-refractivity contribution in [3.05, 3.63) is 35.4 Å². The molecule has 4 heteroatoms. The Morgan fingerprint density at radius 1 is 1.26 bits per heavy atom. The van der Waals surface area contributed by atoms with Crippen LogP contribution in [0.4, 0.5) is 0 Å². The summed E-state index contributed by atoms with van der Waals surface area (Å²) in [5, 5.41) is 12.2. The highest BCUT2D eigenvalue weighted by molar-refractivity contribution is 5.29. The molecule has 108 valence electrons.